The first-order valence-corrected chi connectivity index (χ1v) is 21.8. The van der Waals surface area contributed by atoms with Gasteiger partial charge in [-0.25, -0.2) is 14.4 Å². The molecule has 6 heterocycles. The number of piperidine rings is 3. The van der Waals surface area contributed by atoms with E-state index < -0.39 is 11.9 Å². The first kappa shape index (κ1) is 38.1. The van der Waals surface area contributed by atoms with Crippen molar-refractivity contribution in [2.75, 3.05) is 36.0 Å². The number of ether oxygens (including phenoxy) is 2. The number of aromatic amines is 1. The molecule has 3 amide bonds. The molecule has 0 radical (unpaired) electrons. The first-order chi connectivity index (χ1) is 28.7. The molecule has 13 nitrogen and oxygen atoms in total. The Hall–Kier alpha value is -5.11. The van der Waals surface area contributed by atoms with Gasteiger partial charge in [0.15, 0.2) is 5.82 Å². The average molecular weight is 805 g/mol. The molecule has 310 valence electrons. The van der Waals surface area contributed by atoms with Gasteiger partial charge in [0.25, 0.3) is 5.91 Å². The van der Waals surface area contributed by atoms with Crippen LogP contribution in [-0.2, 0) is 20.9 Å². The number of halogens is 1. The molecule has 0 bridgehead atoms. The second-order valence-corrected chi connectivity index (χ2v) is 18.0. The maximum absolute atomic E-state index is 15.9. The summed E-state index contributed by atoms with van der Waals surface area (Å²) < 4.78 is 28.8. The number of hydrogen-bond donors (Lipinski definition) is 2. The van der Waals surface area contributed by atoms with E-state index in [0.29, 0.717) is 29.9 Å². The monoisotopic (exact) mass is 804 g/mol. The standard InChI is InChI=1S/C45H53FN8O5/c1-45(16-17-45)59-31-6-8-35-33(23-31)42(51-50-35)36-24-39(48-26-47-36)53-18-12-28(13-19-53)22-27-2-4-29(5-3-27)58-30-14-20-52(21-15-30)37-9-7-32-34(41(37)46)25-54(44(32)57)38-10-11-40(55)49-43(38)56/h6-9,23-24,26-30,38H,2-5,10-22,25H2,1H3,(H,50,51)(H,49,55,56). The molecule has 1 atom stereocenters. The van der Waals surface area contributed by atoms with Crippen molar-refractivity contribution in [2.45, 2.75) is 121 Å². The van der Waals surface area contributed by atoms with Gasteiger partial charge in [-0.1, -0.05) is 0 Å². The molecule has 59 heavy (non-hydrogen) atoms. The van der Waals surface area contributed by atoms with Crippen LogP contribution in [0, 0.1) is 17.7 Å². The fraction of sp³-hybridized carbons (Fsp3) is 0.556. The molecule has 2 aromatic heterocycles. The fourth-order valence-corrected chi connectivity index (χ4v) is 10.2. The summed E-state index contributed by atoms with van der Waals surface area (Å²) in [5.74, 6) is 1.70. The van der Waals surface area contributed by atoms with Crippen molar-refractivity contribution in [1.29, 1.82) is 0 Å². The predicted molar refractivity (Wildman–Crippen MR) is 219 cm³/mol. The Morgan fingerprint density at radius 2 is 1.59 bits per heavy atom. The van der Waals surface area contributed by atoms with E-state index in [1.807, 2.05) is 12.1 Å². The zero-order valence-corrected chi connectivity index (χ0v) is 33.8. The van der Waals surface area contributed by atoms with E-state index in [1.54, 1.807) is 18.5 Å². The minimum atomic E-state index is -0.760. The summed E-state index contributed by atoms with van der Waals surface area (Å²) >= 11 is 0. The molecule has 0 spiro atoms. The van der Waals surface area contributed by atoms with Gasteiger partial charge in [0, 0.05) is 55.2 Å². The van der Waals surface area contributed by atoms with Gasteiger partial charge in [-0.05, 0) is 126 Å². The van der Waals surface area contributed by atoms with Gasteiger partial charge in [0.1, 0.15) is 35.2 Å². The summed E-state index contributed by atoms with van der Waals surface area (Å²) in [4.78, 5) is 52.3. The van der Waals surface area contributed by atoms with Crippen molar-refractivity contribution in [2.24, 2.45) is 11.8 Å². The zero-order valence-electron chi connectivity index (χ0n) is 33.8. The SMILES string of the molecule is CC1(Oc2ccc3[nH]nc(-c4cc(N5CCC(CC6CCC(OC7CCN(c8ccc9c(c8F)CN(C8CCC(=O)NC8=O)C9=O)CC7)CC6)CC5)ncn4)c3c2)CC1. The Kier molecular flexibility index (Phi) is 10.0. The summed E-state index contributed by atoms with van der Waals surface area (Å²) in [6.07, 6.45) is 14.6. The number of anilines is 2. The molecule has 2 N–H and O–H groups in total. The number of nitrogens with zero attached hydrogens (tertiary/aromatic N) is 6. The second kappa shape index (κ2) is 15.5. The highest BCUT2D eigenvalue weighted by Gasteiger charge is 2.42. The highest BCUT2D eigenvalue weighted by molar-refractivity contribution is 6.05. The van der Waals surface area contributed by atoms with Crippen molar-refractivity contribution in [3.8, 4) is 17.1 Å². The van der Waals surface area contributed by atoms with Crippen molar-refractivity contribution in [3.63, 3.8) is 0 Å². The van der Waals surface area contributed by atoms with E-state index in [-0.39, 0.29) is 54.8 Å². The lowest BCUT2D eigenvalue weighted by molar-refractivity contribution is -0.136. The molecule has 14 heteroatoms. The van der Waals surface area contributed by atoms with Gasteiger partial charge < -0.3 is 24.2 Å². The molecule has 2 aliphatic carbocycles. The second-order valence-electron chi connectivity index (χ2n) is 18.0. The number of H-pyrrole nitrogens is 1. The summed E-state index contributed by atoms with van der Waals surface area (Å²) in [7, 11) is 0. The van der Waals surface area contributed by atoms with Crippen molar-refractivity contribution >= 4 is 40.1 Å². The van der Waals surface area contributed by atoms with Gasteiger partial charge >= 0.3 is 0 Å². The van der Waals surface area contributed by atoms with E-state index in [1.165, 1.54) is 37.0 Å². The highest BCUT2D eigenvalue weighted by atomic mass is 19.1. The molecule has 10 rings (SSSR count). The average Bonchev–Trinajstić information content (AvgIpc) is 3.66. The number of imide groups is 1. The van der Waals surface area contributed by atoms with Gasteiger partial charge in [-0.2, -0.15) is 5.10 Å². The van der Waals surface area contributed by atoms with Gasteiger partial charge in [-0.3, -0.25) is 24.8 Å². The lowest BCUT2D eigenvalue weighted by Gasteiger charge is -2.38. The Balaban J connectivity index is 0.667. The molecule has 1 unspecified atom stereocenters. The number of carbonyl (C=O) groups is 3. The molecule has 2 aromatic carbocycles. The Morgan fingerprint density at radius 1 is 0.847 bits per heavy atom. The van der Waals surface area contributed by atoms with Crippen molar-refractivity contribution < 1.29 is 28.2 Å². The number of hydrogen-bond acceptors (Lipinski definition) is 10. The third-order valence-corrected chi connectivity index (χ3v) is 13.9. The van der Waals surface area contributed by atoms with Crippen LogP contribution in [0.2, 0.25) is 0 Å². The molecular formula is C45H53FN8O5. The molecule has 4 aliphatic heterocycles. The number of rotatable bonds is 10. The van der Waals surface area contributed by atoms with Crippen LogP contribution in [0.15, 0.2) is 42.7 Å². The van der Waals surface area contributed by atoms with Gasteiger partial charge in [0.2, 0.25) is 11.8 Å². The van der Waals surface area contributed by atoms with Gasteiger partial charge in [0.05, 0.1) is 35.7 Å². The number of aromatic nitrogens is 4. The molecule has 4 aromatic rings. The Morgan fingerprint density at radius 3 is 2.36 bits per heavy atom. The Labute approximate surface area is 343 Å². The van der Waals surface area contributed by atoms with Crippen molar-refractivity contribution in [3.05, 3.63) is 59.7 Å². The summed E-state index contributed by atoms with van der Waals surface area (Å²) in [5.41, 5.74) is 3.69. The molecule has 6 aliphatic rings. The first-order valence-electron chi connectivity index (χ1n) is 21.8. The minimum Gasteiger partial charge on any atom is -0.488 e. The van der Waals surface area contributed by atoms with E-state index in [4.69, 9.17) is 9.47 Å². The van der Waals surface area contributed by atoms with Gasteiger partial charge in [-0.15, -0.1) is 0 Å². The number of amides is 3. The van der Waals surface area contributed by atoms with E-state index in [9.17, 15) is 14.4 Å². The predicted octanol–water partition coefficient (Wildman–Crippen LogP) is 6.70. The minimum absolute atomic E-state index is 0.0356. The normalized spacial score (nSPS) is 25.1. The number of carbonyl (C=O) groups excluding carboxylic acids is 3. The summed E-state index contributed by atoms with van der Waals surface area (Å²) in [6.45, 7) is 5.54. The van der Waals surface area contributed by atoms with E-state index in [2.05, 4.69) is 54.3 Å². The highest BCUT2D eigenvalue weighted by Crippen LogP contribution is 2.41. The lowest BCUT2D eigenvalue weighted by Crippen LogP contribution is -2.52. The number of fused-ring (bicyclic) bond motifs is 2. The summed E-state index contributed by atoms with van der Waals surface area (Å²) in [5, 5.41) is 11.1. The van der Waals surface area contributed by atoms with Crippen LogP contribution in [0.1, 0.15) is 106 Å². The third kappa shape index (κ3) is 7.76. The topological polar surface area (TPSA) is 146 Å². The van der Waals surface area contributed by atoms with Crippen LogP contribution >= 0.6 is 0 Å². The molecule has 2 saturated carbocycles. The van der Waals surface area contributed by atoms with Crippen molar-refractivity contribution in [1.82, 2.24) is 30.4 Å². The molecule has 3 saturated heterocycles. The Bertz CT molecular complexity index is 2250. The van der Waals surface area contributed by atoms with Crippen LogP contribution in [0.5, 0.6) is 5.75 Å². The fourth-order valence-electron chi connectivity index (χ4n) is 10.2. The maximum atomic E-state index is 15.9. The summed E-state index contributed by atoms with van der Waals surface area (Å²) in [6, 6.07) is 10.8. The quantitative estimate of drug-likeness (QED) is 0.166. The largest absolute Gasteiger partial charge is 0.488 e. The van der Waals surface area contributed by atoms with Crippen LogP contribution in [0.4, 0.5) is 15.9 Å². The third-order valence-electron chi connectivity index (χ3n) is 13.9. The van der Waals surface area contributed by atoms with Crippen LogP contribution in [0.3, 0.4) is 0 Å². The van der Waals surface area contributed by atoms with Crippen LogP contribution in [0.25, 0.3) is 22.3 Å². The van der Waals surface area contributed by atoms with E-state index >= 15 is 4.39 Å². The molecule has 5 fully saturated rings. The van der Waals surface area contributed by atoms with E-state index in [0.717, 1.165) is 97.3 Å². The number of nitrogens with one attached hydrogen (secondary N) is 2. The number of benzene rings is 2. The lowest BCUT2D eigenvalue weighted by atomic mass is 9.79. The maximum Gasteiger partial charge on any atom is 0.255 e. The smallest absolute Gasteiger partial charge is 0.255 e. The zero-order chi connectivity index (χ0) is 40.3. The van der Waals surface area contributed by atoms with Crippen LogP contribution in [-0.4, -0.2) is 92.8 Å². The van der Waals surface area contributed by atoms with Crippen LogP contribution < -0.4 is 19.9 Å². The molecular weight excluding hydrogens is 752 g/mol.